The summed E-state index contributed by atoms with van der Waals surface area (Å²) in [6.45, 7) is 2.24. The second kappa shape index (κ2) is 7.40. The van der Waals surface area contributed by atoms with Crippen LogP contribution in [-0.4, -0.2) is 22.9 Å². The van der Waals surface area contributed by atoms with Crippen LogP contribution in [0.3, 0.4) is 0 Å². The van der Waals surface area contributed by atoms with Crippen molar-refractivity contribution in [2.75, 3.05) is 7.11 Å². The van der Waals surface area contributed by atoms with E-state index in [1.165, 1.54) is 11.3 Å². The highest BCUT2D eigenvalue weighted by molar-refractivity contribution is 7.22. The molecule has 6 heteroatoms. The first kappa shape index (κ1) is 18.1. The molecule has 0 saturated carbocycles. The number of hydrogen-bond donors (Lipinski definition) is 0. The summed E-state index contributed by atoms with van der Waals surface area (Å²) >= 11 is 1.52. The molecule has 140 valence electrons. The van der Waals surface area contributed by atoms with Crippen LogP contribution in [0.25, 0.3) is 20.7 Å². The molecule has 0 radical (unpaired) electrons. The lowest BCUT2D eigenvalue weighted by Crippen LogP contribution is -2.21. The minimum absolute atomic E-state index is 0.0977. The number of aromatic nitrogens is 2. The maximum absolute atomic E-state index is 13.2. The number of ether oxygens (including phenoxy) is 1. The summed E-state index contributed by atoms with van der Waals surface area (Å²) in [7, 11) is 1.57. The molecule has 4 rings (SSSR count). The van der Waals surface area contributed by atoms with Crippen molar-refractivity contribution in [2.24, 2.45) is 0 Å². The molecule has 0 spiro atoms. The highest BCUT2D eigenvalue weighted by Gasteiger charge is 2.16. The van der Waals surface area contributed by atoms with Crippen molar-refractivity contribution in [2.45, 2.75) is 13.5 Å². The van der Waals surface area contributed by atoms with E-state index in [9.17, 15) is 9.59 Å². The van der Waals surface area contributed by atoms with Gasteiger partial charge in [0.15, 0.2) is 0 Å². The number of rotatable bonds is 5. The standard InChI is InChI=1S/C22H18N2O3S/c1-14-19-21(28-20(14)16-6-4-3-5-7-16)23-13-24(22(19)26)11-17-10-15(12-25)8-9-18(17)27-2/h3-10,12-13H,11H2,1-2H3. The summed E-state index contributed by atoms with van der Waals surface area (Å²) in [5.74, 6) is 0.629. The molecule has 0 saturated heterocycles. The Hall–Kier alpha value is -3.25. The Morgan fingerprint density at radius 1 is 1.18 bits per heavy atom. The lowest BCUT2D eigenvalue weighted by Gasteiger charge is -2.11. The van der Waals surface area contributed by atoms with Gasteiger partial charge in [-0.3, -0.25) is 14.2 Å². The summed E-state index contributed by atoms with van der Waals surface area (Å²) in [5, 5.41) is 0.636. The van der Waals surface area contributed by atoms with Crippen LogP contribution in [-0.2, 0) is 6.54 Å². The zero-order valence-corrected chi connectivity index (χ0v) is 16.3. The third-order valence-electron chi connectivity index (χ3n) is 4.73. The number of carbonyl (C=O) groups is 1. The van der Waals surface area contributed by atoms with Crippen LogP contribution in [0.2, 0.25) is 0 Å². The van der Waals surface area contributed by atoms with Crippen molar-refractivity contribution in [1.29, 1.82) is 0 Å². The SMILES string of the molecule is COc1ccc(C=O)cc1Cn1cnc2sc(-c3ccccc3)c(C)c2c1=O. The van der Waals surface area contributed by atoms with Crippen molar-refractivity contribution >= 4 is 27.8 Å². The Balaban J connectivity index is 1.82. The average Bonchev–Trinajstić information content (AvgIpc) is 3.07. The fourth-order valence-electron chi connectivity index (χ4n) is 3.32. The van der Waals surface area contributed by atoms with Crippen LogP contribution < -0.4 is 10.3 Å². The zero-order valence-electron chi connectivity index (χ0n) is 15.5. The van der Waals surface area contributed by atoms with Crippen LogP contribution >= 0.6 is 11.3 Å². The molecule has 0 atom stereocenters. The van der Waals surface area contributed by atoms with Gasteiger partial charge >= 0.3 is 0 Å². The van der Waals surface area contributed by atoms with E-state index in [0.29, 0.717) is 16.7 Å². The maximum atomic E-state index is 13.2. The number of aryl methyl sites for hydroxylation is 1. The number of nitrogens with zero attached hydrogens (tertiary/aromatic N) is 2. The van der Waals surface area contributed by atoms with Gasteiger partial charge in [-0.25, -0.2) is 4.98 Å². The summed E-state index contributed by atoms with van der Waals surface area (Å²) in [4.78, 5) is 30.6. The van der Waals surface area contributed by atoms with E-state index >= 15 is 0 Å². The van der Waals surface area contributed by atoms with E-state index in [0.717, 1.165) is 32.7 Å². The number of fused-ring (bicyclic) bond motifs is 1. The van der Waals surface area contributed by atoms with E-state index < -0.39 is 0 Å². The van der Waals surface area contributed by atoms with Crippen LogP contribution in [0.4, 0.5) is 0 Å². The molecule has 2 heterocycles. The summed E-state index contributed by atoms with van der Waals surface area (Å²) in [6, 6.07) is 15.2. The average molecular weight is 390 g/mol. The molecular weight excluding hydrogens is 372 g/mol. The Morgan fingerprint density at radius 2 is 1.96 bits per heavy atom. The molecule has 0 aliphatic carbocycles. The molecule has 0 N–H and O–H groups in total. The fourth-order valence-corrected chi connectivity index (χ4v) is 4.46. The number of carbonyl (C=O) groups excluding carboxylic acids is 1. The molecular formula is C22H18N2O3S. The third-order valence-corrected chi connectivity index (χ3v) is 5.98. The second-order valence-corrected chi connectivity index (χ2v) is 7.47. The van der Waals surface area contributed by atoms with Gasteiger partial charge in [-0.15, -0.1) is 11.3 Å². The van der Waals surface area contributed by atoms with Crippen molar-refractivity contribution in [3.8, 4) is 16.2 Å². The summed E-state index contributed by atoms with van der Waals surface area (Å²) in [6.07, 6.45) is 2.34. The first-order valence-electron chi connectivity index (χ1n) is 8.78. The molecule has 0 aliphatic rings. The molecule has 0 aliphatic heterocycles. The first-order chi connectivity index (χ1) is 13.6. The molecule has 0 bridgehead atoms. The van der Waals surface area contributed by atoms with E-state index in [1.54, 1.807) is 36.2 Å². The molecule has 2 aromatic heterocycles. The number of aldehydes is 1. The lowest BCUT2D eigenvalue weighted by molar-refractivity contribution is 0.112. The van der Waals surface area contributed by atoms with Gasteiger partial charge in [-0.05, 0) is 36.2 Å². The third kappa shape index (κ3) is 3.12. The van der Waals surface area contributed by atoms with Gasteiger partial charge in [0.25, 0.3) is 5.56 Å². The second-order valence-electron chi connectivity index (χ2n) is 6.47. The Labute approximate surface area is 165 Å². The van der Waals surface area contributed by atoms with Crippen molar-refractivity contribution in [3.05, 3.63) is 81.9 Å². The number of hydrogen-bond acceptors (Lipinski definition) is 5. The molecule has 0 unspecified atom stereocenters. The molecule has 5 nitrogen and oxygen atoms in total. The van der Waals surface area contributed by atoms with Gasteiger partial charge in [0.05, 0.1) is 25.4 Å². The molecule has 2 aromatic carbocycles. The van der Waals surface area contributed by atoms with Gasteiger partial charge < -0.3 is 4.74 Å². The highest BCUT2D eigenvalue weighted by atomic mass is 32.1. The largest absolute Gasteiger partial charge is 0.496 e. The predicted molar refractivity (Wildman–Crippen MR) is 112 cm³/mol. The van der Waals surface area contributed by atoms with Crippen LogP contribution in [0, 0.1) is 6.92 Å². The van der Waals surface area contributed by atoms with E-state index in [-0.39, 0.29) is 12.1 Å². The zero-order chi connectivity index (χ0) is 19.7. The van der Waals surface area contributed by atoms with Crippen LogP contribution in [0.15, 0.2) is 59.7 Å². The lowest BCUT2D eigenvalue weighted by atomic mass is 10.1. The molecule has 0 amide bonds. The Morgan fingerprint density at radius 3 is 2.68 bits per heavy atom. The normalized spacial score (nSPS) is 10.9. The summed E-state index contributed by atoms with van der Waals surface area (Å²) in [5.41, 5.74) is 3.21. The number of thiophene rings is 1. The predicted octanol–water partition coefficient (Wildman–Crippen LogP) is 4.30. The molecule has 4 aromatic rings. The Kier molecular flexibility index (Phi) is 4.79. The van der Waals surface area contributed by atoms with Gasteiger partial charge in [-0.2, -0.15) is 0 Å². The topological polar surface area (TPSA) is 61.2 Å². The van der Waals surface area contributed by atoms with Gasteiger partial charge in [0, 0.05) is 16.0 Å². The highest BCUT2D eigenvalue weighted by Crippen LogP contribution is 2.35. The monoisotopic (exact) mass is 390 g/mol. The molecule has 0 fully saturated rings. The van der Waals surface area contributed by atoms with Crippen molar-refractivity contribution in [1.82, 2.24) is 9.55 Å². The number of benzene rings is 2. The van der Waals surface area contributed by atoms with Gasteiger partial charge in [-0.1, -0.05) is 30.3 Å². The number of methoxy groups -OCH3 is 1. The van der Waals surface area contributed by atoms with Crippen molar-refractivity contribution < 1.29 is 9.53 Å². The maximum Gasteiger partial charge on any atom is 0.262 e. The van der Waals surface area contributed by atoms with Crippen LogP contribution in [0.1, 0.15) is 21.5 Å². The van der Waals surface area contributed by atoms with Gasteiger partial charge in [0.2, 0.25) is 0 Å². The smallest absolute Gasteiger partial charge is 0.262 e. The summed E-state index contributed by atoms with van der Waals surface area (Å²) < 4.78 is 6.94. The van der Waals surface area contributed by atoms with E-state index in [4.69, 9.17) is 4.74 Å². The fraction of sp³-hybridized carbons (Fsp3) is 0.136. The minimum atomic E-state index is -0.0977. The first-order valence-corrected chi connectivity index (χ1v) is 9.60. The Bertz CT molecular complexity index is 1230. The van der Waals surface area contributed by atoms with E-state index in [2.05, 4.69) is 4.98 Å². The van der Waals surface area contributed by atoms with Crippen LogP contribution in [0.5, 0.6) is 5.75 Å². The molecule has 28 heavy (non-hydrogen) atoms. The van der Waals surface area contributed by atoms with E-state index in [1.807, 2.05) is 37.3 Å². The van der Waals surface area contributed by atoms with Crippen molar-refractivity contribution in [3.63, 3.8) is 0 Å². The van der Waals surface area contributed by atoms with Gasteiger partial charge in [0.1, 0.15) is 16.9 Å². The minimum Gasteiger partial charge on any atom is -0.496 e. The quantitative estimate of drug-likeness (QED) is 0.477.